The van der Waals surface area contributed by atoms with Crippen LogP contribution < -0.4 is 0 Å². The van der Waals surface area contributed by atoms with Gasteiger partial charge in [-0.25, -0.2) is 0 Å². The van der Waals surface area contributed by atoms with Crippen molar-refractivity contribution in [1.29, 1.82) is 0 Å². The Balaban J connectivity index is 1.66. The molecular formula is C11H12O3. The third kappa shape index (κ3) is 2.33. The van der Waals surface area contributed by atoms with Gasteiger partial charge < -0.3 is 9.47 Å². The molecule has 0 radical (unpaired) electrons. The van der Waals surface area contributed by atoms with E-state index < -0.39 is 0 Å². The minimum Gasteiger partial charge on any atom is -0.459 e. The van der Waals surface area contributed by atoms with Crippen LogP contribution in [0.1, 0.15) is 12.0 Å². The van der Waals surface area contributed by atoms with Crippen LogP contribution in [0.25, 0.3) is 0 Å². The molecule has 1 aromatic rings. The highest BCUT2D eigenvalue weighted by molar-refractivity contribution is 5.75. The summed E-state index contributed by atoms with van der Waals surface area (Å²) in [6.07, 6.45) is 0.473. The van der Waals surface area contributed by atoms with E-state index >= 15 is 0 Å². The SMILES string of the molecule is O=C1CC(COCc2ccccc2)O1. The zero-order valence-electron chi connectivity index (χ0n) is 7.81. The van der Waals surface area contributed by atoms with Crippen molar-refractivity contribution in [3.05, 3.63) is 35.9 Å². The van der Waals surface area contributed by atoms with Gasteiger partial charge in [0, 0.05) is 0 Å². The van der Waals surface area contributed by atoms with Crippen molar-refractivity contribution in [2.75, 3.05) is 6.61 Å². The van der Waals surface area contributed by atoms with E-state index in [9.17, 15) is 4.79 Å². The first-order valence-corrected chi connectivity index (χ1v) is 4.66. The zero-order chi connectivity index (χ0) is 9.80. The number of hydrogen-bond donors (Lipinski definition) is 0. The summed E-state index contributed by atoms with van der Waals surface area (Å²) in [5, 5.41) is 0. The minimum absolute atomic E-state index is 0.0220. The summed E-state index contributed by atoms with van der Waals surface area (Å²) in [7, 11) is 0. The van der Waals surface area contributed by atoms with E-state index in [1.807, 2.05) is 30.3 Å². The monoisotopic (exact) mass is 192 g/mol. The average Bonchev–Trinajstić information content (AvgIpc) is 2.17. The highest BCUT2D eigenvalue weighted by atomic mass is 16.6. The van der Waals surface area contributed by atoms with E-state index in [1.165, 1.54) is 0 Å². The second-order valence-electron chi connectivity index (χ2n) is 3.32. The molecule has 0 bridgehead atoms. The van der Waals surface area contributed by atoms with Gasteiger partial charge in [-0.3, -0.25) is 4.79 Å². The van der Waals surface area contributed by atoms with Crippen LogP contribution in [0.5, 0.6) is 0 Å². The third-order valence-electron chi connectivity index (χ3n) is 2.11. The number of hydrogen-bond acceptors (Lipinski definition) is 3. The Morgan fingerprint density at radius 2 is 2.07 bits per heavy atom. The van der Waals surface area contributed by atoms with Crippen molar-refractivity contribution in [3.63, 3.8) is 0 Å². The Hall–Kier alpha value is -1.35. The maximum Gasteiger partial charge on any atom is 0.310 e. The van der Waals surface area contributed by atoms with Gasteiger partial charge in [0.1, 0.15) is 6.10 Å². The molecule has 0 spiro atoms. The number of carbonyl (C=O) groups is 1. The summed E-state index contributed by atoms with van der Waals surface area (Å²) >= 11 is 0. The summed E-state index contributed by atoms with van der Waals surface area (Å²) in [5.74, 6) is -0.127. The molecule has 0 aromatic heterocycles. The lowest BCUT2D eigenvalue weighted by Gasteiger charge is -2.24. The first-order chi connectivity index (χ1) is 6.84. The average molecular weight is 192 g/mol. The van der Waals surface area contributed by atoms with Crippen LogP contribution >= 0.6 is 0 Å². The molecule has 0 aliphatic carbocycles. The van der Waals surface area contributed by atoms with Crippen molar-refractivity contribution in [1.82, 2.24) is 0 Å². The van der Waals surface area contributed by atoms with E-state index in [2.05, 4.69) is 0 Å². The molecule has 1 aliphatic rings. The first kappa shape index (κ1) is 9.21. The fourth-order valence-electron chi connectivity index (χ4n) is 1.34. The second kappa shape index (κ2) is 4.24. The predicted molar refractivity (Wildman–Crippen MR) is 50.6 cm³/mol. The number of cyclic esters (lactones) is 1. The molecule has 0 saturated carbocycles. The molecule has 2 rings (SSSR count). The lowest BCUT2D eigenvalue weighted by Crippen LogP contribution is -2.36. The Kier molecular flexibility index (Phi) is 2.79. The van der Waals surface area contributed by atoms with Crippen LogP contribution in [0, 0.1) is 0 Å². The van der Waals surface area contributed by atoms with Gasteiger partial charge in [-0.05, 0) is 5.56 Å². The lowest BCUT2D eigenvalue weighted by molar-refractivity contribution is -0.175. The second-order valence-corrected chi connectivity index (χ2v) is 3.32. The molecule has 3 heteroatoms. The number of rotatable bonds is 4. The summed E-state index contributed by atoms with van der Waals surface area (Å²) in [4.78, 5) is 10.5. The van der Waals surface area contributed by atoms with Gasteiger partial charge in [-0.15, -0.1) is 0 Å². The Morgan fingerprint density at radius 3 is 2.71 bits per heavy atom. The summed E-state index contributed by atoms with van der Waals surface area (Å²) in [5.41, 5.74) is 1.14. The van der Waals surface area contributed by atoms with Crippen LogP contribution in [0.15, 0.2) is 30.3 Å². The van der Waals surface area contributed by atoms with Gasteiger partial charge in [0.2, 0.25) is 0 Å². The maximum absolute atomic E-state index is 10.5. The van der Waals surface area contributed by atoms with Crippen LogP contribution in [-0.4, -0.2) is 18.7 Å². The summed E-state index contributed by atoms with van der Waals surface area (Å²) < 4.78 is 10.2. The third-order valence-corrected chi connectivity index (χ3v) is 2.11. The number of carbonyl (C=O) groups excluding carboxylic acids is 1. The molecular weight excluding hydrogens is 180 g/mol. The van der Waals surface area contributed by atoms with Crippen LogP contribution in [0.3, 0.4) is 0 Å². The Bertz CT molecular complexity index is 300. The summed E-state index contributed by atoms with van der Waals surface area (Å²) in [6, 6.07) is 9.93. The van der Waals surface area contributed by atoms with Crippen molar-refractivity contribution in [2.45, 2.75) is 19.1 Å². The highest BCUT2D eigenvalue weighted by Gasteiger charge is 2.28. The van der Waals surface area contributed by atoms with E-state index in [1.54, 1.807) is 0 Å². The highest BCUT2D eigenvalue weighted by Crippen LogP contribution is 2.13. The van der Waals surface area contributed by atoms with Crippen molar-refractivity contribution < 1.29 is 14.3 Å². The van der Waals surface area contributed by atoms with Gasteiger partial charge in [0.05, 0.1) is 19.6 Å². The van der Waals surface area contributed by atoms with Crippen LogP contribution in [0.4, 0.5) is 0 Å². The molecule has 1 unspecified atom stereocenters. The van der Waals surface area contributed by atoms with E-state index in [-0.39, 0.29) is 12.1 Å². The molecule has 1 heterocycles. The lowest BCUT2D eigenvalue weighted by atomic mass is 10.2. The number of esters is 1. The molecule has 1 atom stereocenters. The van der Waals surface area contributed by atoms with Crippen molar-refractivity contribution in [2.24, 2.45) is 0 Å². The molecule has 74 valence electrons. The fourth-order valence-corrected chi connectivity index (χ4v) is 1.34. The van der Waals surface area contributed by atoms with Gasteiger partial charge in [0.15, 0.2) is 0 Å². The molecule has 14 heavy (non-hydrogen) atoms. The number of ether oxygens (including phenoxy) is 2. The smallest absolute Gasteiger partial charge is 0.310 e. The van der Waals surface area contributed by atoms with Gasteiger partial charge >= 0.3 is 5.97 Å². The minimum atomic E-state index is -0.127. The van der Waals surface area contributed by atoms with Crippen molar-refractivity contribution in [3.8, 4) is 0 Å². The topological polar surface area (TPSA) is 35.5 Å². The van der Waals surface area contributed by atoms with Gasteiger partial charge in [-0.2, -0.15) is 0 Å². The molecule has 3 nitrogen and oxygen atoms in total. The predicted octanol–water partition coefficient (Wildman–Crippen LogP) is 1.52. The largest absolute Gasteiger partial charge is 0.459 e. The van der Waals surface area contributed by atoms with E-state index in [4.69, 9.17) is 9.47 Å². The molecule has 1 fully saturated rings. The fraction of sp³-hybridized carbons (Fsp3) is 0.364. The maximum atomic E-state index is 10.5. The van der Waals surface area contributed by atoms with Crippen molar-refractivity contribution >= 4 is 5.97 Å². The molecule has 1 aliphatic heterocycles. The Morgan fingerprint density at radius 1 is 1.36 bits per heavy atom. The van der Waals surface area contributed by atoms with Crippen LogP contribution in [-0.2, 0) is 20.9 Å². The normalized spacial score (nSPS) is 20.0. The summed E-state index contributed by atoms with van der Waals surface area (Å²) in [6.45, 7) is 1.08. The van der Waals surface area contributed by atoms with Gasteiger partial charge in [-0.1, -0.05) is 30.3 Å². The zero-order valence-corrected chi connectivity index (χ0v) is 7.81. The number of benzene rings is 1. The standard InChI is InChI=1S/C11H12O3/c12-11-6-10(14-11)8-13-7-9-4-2-1-3-5-9/h1-5,10H,6-8H2. The van der Waals surface area contributed by atoms with E-state index in [0.717, 1.165) is 5.56 Å². The van der Waals surface area contributed by atoms with Crippen LogP contribution in [0.2, 0.25) is 0 Å². The quantitative estimate of drug-likeness (QED) is 0.678. The van der Waals surface area contributed by atoms with E-state index in [0.29, 0.717) is 19.6 Å². The molecule has 0 N–H and O–H groups in total. The first-order valence-electron chi connectivity index (χ1n) is 4.66. The van der Waals surface area contributed by atoms with Gasteiger partial charge in [0.25, 0.3) is 0 Å². The molecule has 1 saturated heterocycles. The Labute approximate surface area is 82.6 Å². The molecule has 0 amide bonds. The molecule has 1 aromatic carbocycles.